The number of carbonyl (C=O) groups excluding carboxylic acids is 3. The van der Waals surface area contributed by atoms with Gasteiger partial charge in [-0.1, -0.05) is 35.9 Å². The first-order valence-corrected chi connectivity index (χ1v) is 8.41. The van der Waals surface area contributed by atoms with Gasteiger partial charge in [-0.25, -0.2) is 0 Å². The average Bonchev–Trinajstić information content (AvgIpc) is 3.03. The van der Waals surface area contributed by atoms with Gasteiger partial charge in [-0.3, -0.25) is 14.4 Å². The van der Waals surface area contributed by atoms with Crippen LogP contribution in [-0.4, -0.2) is 30.9 Å². The number of rotatable bonds is 5. The Labute approximate surface area is 151 Å². The van der Waals surface area contributed by atoms with Crippen LogP contribution in [0.25, 0.3) is 0 Å². The highest BCUT2D eigenvalue weighted by atomic mass is 16.5. The van der Waals surface area contributed by atoms with E-state index in [0.29, 0.717) is 5.69 Å². The topological polar surface area (TPSA) is 75.7 Å². The van der Waals surface area contributed by atoms with E-state index < -0.39 is 17.8 Å². The van der Waals surface area contributed by atoms with Crippen LogP contribution in [0.1, 0.15) is 12.0 Å². The second-order valence-electron chi connectivity index (χ2n) is 6.26. The maximum Gasteiger partial charge on any atom is 0.311 e. The fourth-order valence-electron chi connectivity index (χ4n) is 2.81. The minimum Gasteiger partial charge on any atom is -0.455 e. The summed E-state index contributed by atoms with van der Waals surface area (Å²) >= 11 is 0. The van der Waals surface area contributed by atoms with E-state index in [9.17, 15) is 14.4 Å². The van der Waals surface area contributed by atoms with Crippen molar-refractivity contribution in [1.82, 2.24) is 0 Å². The molecule has 0 bridgehead atoms. The van der Waals surface area contributed by atoms with Gasteiger partial charge >= 0.3 is 5.97 Å². The van der Waals surface area contributed by atoms with Crippen molar-refractivity contribution in [1.29, 1.82) is 0 Å². The molecular weight excluding hydrogens is 332 g/mol. The zero-order valence-electron chi connectivity index (χ0n) is 14.5. The van der Waals surface area contributed by atoms with Crippen molar-refractivity contribution in [3.05, 3.63) is 60.2 Å². The van der Waals surface area contributed by atoms with Crippen LogP contribution < -0.4 is 10.2 Å². The van der Waals surface area contributed by atoms with Crippen LogP contribution in [0.3, 0.4) is 0 Å². The van der Waals surface area contributed by atoms with Gasteiger partial charge in [0.25, 0.3) is 5.91 Å². The number of nitrogens with zero attached hydrogens (tertiary/aromatic N) is 1. The monoisotopic (exact) mass is 352 g/mol. The fourth-order valence-corrected chi connectivity index (χ4v) is 2.81. The van der Waals surface area contributed by atoms with E-state index in [1.807, 2.05) is 37.3 Å². The largest absolute Gasteiger partial charge is 0.455 e. The Morgan fingerprint density at radius 1 is 1.12 bits per heavy atom. The Bertz CT molecular complexity index is 802. The van der Waals surface area contributed by atoms with Gasteiger partial charge in [0, 0.05) is 24.3 Å². The lowest BCUT2D eigenvalue weighted by atomic mass is 10.1. The van der Waals surface area contributed by atoms with Crippen LogP contribution in [0, 0.1) is 12.8 Å². The number of anilines is 2. The Hall–Kier alpha value is -3.15. The summed E-state index contributed by atoms with van der Waals surface area (Å²) in [6.45, 7) is 1.86. The molecule has 2 aromatic carbocycles. The third kappa shape index (κ3) is 4.27. The number of hydrogen-bond donors (Lipinski definition) is 1. The summed E-state index contributed by atoms with van der Waals surface area (Å²) in [5.74, 6) is -1.63. The Balaban J connectivity index is 1.51. The highest BCUT2D eigenvalue weighted by Gasteiger charge is 2.36. The summed E-state index contributed by atoms with van der Waals surface area (Å²) in [7, 11) is 0. The quantitative estimate of drug-likeness (QED) is 0.839. The summed E-state index contributed by atoms with van der Waals surface area (Å²) in [6, 6.07) is 16.5. The van der Waals surface area contributed by atoms with E-state index in [0.717, 1.165) is 11.3 Å². The van der Waals surface area contributed by atoms with Crippen LogP contribution in [0.2, 0.25) is 0 Å². The predicted octanol–water partition coefficient (Wildman–Crippen LogP) is 2.53. The first kappa shape index (κ1) is 17.7. The first-order chi connectivity index (χ1) is 12.5. The molecule has 0 unspecified atom stereocenters. The maximum absolute atomic E-state index is 12.2. The second kappa shape index (κ2) is 7.82. The van der Waals surface area contributed by atoms with Gasteiger partial charge in [0.15, 0.2) is 6.61 Å². The van der Waals surface area contributed by atoms with Crippen molar-refractivity contribution < 1.29 is 19.1 Å². The molecule has 26 heavy (non-hydrogen) atoms. The van der Waals surface area contributed by atoms with Crippen LogP contribution in [-0.2, 0) is 19.1 Å². The summed E-state index contributed by atoms with van der Waals surface area (Å²) in [5, 5.41) is 2.64. The zero-order valence-corrected chi connectivity index (χ0v) is 14.5. The number of amides is 2. The third-order valence-electron chi connectivity index (χ3n) is 4.21. The standard InChI is InChI=1S/C20H20N2O4/c1-14-7-9-17(10-8-14)22-12-15(11-19(22)24)20(25)26-13-18(23)21-16-5-3-2-4-6-16/h2-10,15H,11-13H2,1H3,(H,21,23)/t15-/m1/s1. The Morgan fingerprint density at radius 2 is 1.81 bits per heavy atom. The number of para-hydroxylation sites is 1. The smallest absolute Gasteiger partial charge is 0.311 e. The minimum atomic E-state index is -0.562. The van der Waals surface area contributed by atoms with Crippen molar-refractivity contribution in [3.8, 4) is 0 Å². The molecule has 1 aliphatic rings. The Morgan fingerprint density at radius 3 is 2.50 bits per heavy atom. The SMILES string of the molecule is Cc1ccc(N2C[C@H](C(=O)OCC(=O)Nc3ccccc3)CC2=O)cc1. The molecule has 2 aromatic rings. The lowest BCUT2D eigenvalue weighted by Crippen LogP contribution is -2.28. The molecule has 0 radical (unpaired) electrons. The Kier molecular flexibility index (Phi) is 5.31. The van der Waals surface area contributed by atoms with Gasteiger partial charge in [0.05, 0.1) is 5.92 Å². The molecule has 6 heteroatoms. The number of aryl methyl sites for hydroxylation is 1. The van der Waals surface area contributed by atoms with Crippen molar-refractivity contribution in [2.45, 2.75) is 13.3 Å². The molecule has 0 spiro atoms. The van der Waals surface area contributed by atoms with Crippen LogP contribution >= 0.6 is 0 Å². The van der Waals surface area contributed by atoms with E-state index in [1.165, 1.54) is 0 Å². The first-order valence-electron chi connectivity index (χ1n) is 8.41. The van der Waals surface area contributed by atoms with Gasteiger partial charge in [0.1, 0.15) is 0 Å². The van der Waals surface area contributed by atoms with Crippen LogP contribution in [0.15, 0.2) is 54.6 Å². The molecule has 3 rings (SSSR count). The van der Waals surface area contributed by atoms with Crippen molar-refractivity contribution in [3.63, 3.8) is 0 Å². The number of nitrogens with one attached hydrogen (secondary N) is 1. The number of ether oxygens (including phenoxy) is 1. The van der Waals surface area contributed by atoms with E-state index in [1.54, 1.807) is 29.2 Å². The number of benzene rings is 2. The van der Waals surface area contributed by atoms with E-state index >= 15 is 0 Å². The molecule has 0 saturated carbocycles. The van der Waals surface area contributed by atoms with E-state index in [-0.39, 0.29) is 25.5 Å². The van der Waals surface area contributed by atoms with E-state index in [4.69, 9.17) is 4.74 Å². The number of hydrogen-bond acceptors (Lipinski definition) is 4. The van der Waals surface area contributed by atoms with Crippen molar-refractivity contribution >= 4 is 29.2 Å². The molecule has 1 saturated heterocycles. The molecule has 0 aliphatic carbocycles. The molecule has 2 amide bonds. The number of carbonyl (C=O) groups is 3. The average molecular weight is 352 g/mol. The molecule has 134 valence electrons. The summed E-state index contributed by atoms with van der Waals surface area (Å²) in [4.78, 5) is 37.8. The lowest BCUT2D eigenvalue weighted by Gasteiger charge is -2.16. The second-order valence-corrected chi connectivity index (χ2v) is 6.26. The molecule has 1 aliphatic heterocycles. The van der Waals surface area contributed by atoms with Crippen molar-refractivity contribution in [2.24, 2.45) is 5.92 Å². The van der Waals surface area contributed by atoms with Gasteiger partial charge < -0.3 is 15.0 Å². The third-order valence-corrected chi connectivity index (χ3v) is 4.21. The predicted molar refractivity (Wildman–Crippen MR) is 97.7 cm³/mol. The summed E-state index contributed by atoms with van der Waals surface area (Å²) < 4.78 is 5.08. The highest BCUT2D eigenvalue weighted by molar-refractivity contribution is 6.00. The van der Waals surface area contributed by atoms with E-state index in [2.05, 4.69) is 5.32 Å². The van der Waals surface area contributed by atoms with Gasteiger partial charge in [-0.15, -0.1) is 0 Å². The van der Waals surface area contributed by atoms with Gasteiger partial charge in [-0.2, -0.15) is 0 Å². The lowest BCUT2D eigenvalue weighted by molar-refractivity contribution is -0.151. The van der Waals surface area contributed by atoms with Gasteiger partial charge in [0.2, 0.25) is 5.91 Å². The minimum absolute atomic E-state index is 0.0903. The zero-order chi connectivity index (χ0) is 18.5. The summed E-state index contributed by atoms with van der Waals surface area (Å²) in [6.07, 6.45) is 0.0903. The molecule has 0 aromatic heterocycles. The maximum atomic E-state index is 12.2. The normalized spacial score (nSPS) is 16.4. The number of esters is 1. The van der Waals surface area contributed by atoms with Crippen LogP contribution in [0.5, 0.6) is 0 Å². The molecular formula is C20H20N2O4. The van der Waals surface area contributed by atoms with Crippen molar-refractivity contribution in [2.75, 3.05) is 23.4 Å². The molecule has 1 heterocycles. The van der Waals surface area contributed by atoms with Crippen LogP contribution in [0.4, 0.5) is 11.4 Å². The molecule has 1 fully saturated rings. The molecule has 6 nitrogen and oxygen atoms in total. The highest BCUT2D eigenvalue weighted by Crippen LogP contribution is 2.26. The fraction of sp³-hybridized carbons (Fsp3) is 0.250. The summed E-state index contributed by atoms with van der Waals surface area (Å²) in [5.41, 5.74) is 2.49. The van der Waals surface area contributed by atoms with Gasteiger partial charge in [-0.05, 0) is 31.2 Å². The molecule has 1 atom stereocenters. The molecule has 1 N–H and O–H groups in total.